The van der Waals surface area contributed by atoms with E-state index in [4.69, 9.17) is 5.11 Å². The molecule has 0 atom stereocenters. The number of hydrogen-bond acceptors (Lipinski definition) is 2. The van der Waals surface area contributed by atoms with Crippen LogP contribution in [0.5, 0.6) is 0 Å². The Morgan fingerprint density at radius 3 is 2.56 bits per heavy atom. The van der Waals surface area contributed by atoms with Gasteiger partial charge in [-0.2, -0.15) is 0 Å². The minimum atomic E-state index is -1.34. The van der Waals surface area contributed by atoms with Gasteiger partial charge < -0.3 is 15.7 Å². The average Bonchev–Trinajstić information content (AvgIpc) is 2.94. The molecule has 0 heterocycles. The number of carbonyl (C=O) groups excluding carboxylic acids is 1. The molecular formula is C12H13FN2O3. The van der Waals surface area contributed by atoms with Gasteiger partial charge in [-0.3, -0.25) is 0 Å². The third-order valence-corrected chi connectivity index (χ3v) is 2.87. The maximum atomic E-state index is 13.3. The fraction of sp³-hybridized carbons (Fsp3) is 0.333. The second-order valence-corrected chi connectivity index (χ2v) is 4.64. The quantitative estimate of drug-likeness (QED) is 0.771. The van der Waals surface area contributed by atoms with Crippen LogP contribution >= 0.6 is 0 Å². The van der Waals surface area contributed by atoms with E-state index >= 15 is 0 Å². The van der Waals surface area contributed by atoms with Crippen molar-refractivity contribution < 1.29 is 19.1 Å². The second kappa shape index (κ2) is 4.29. The van der Waals surface area contributed by atoms with Crippen LogP contribution in [-0.4, -0.2) is 22.6 Å². The number of benzene rings is 1. The van der Waals surface area contributed by atoms with Gasteiger partial charge in [0.2, 0.25) is 0 Å². The first kappa shape index (κ1) is 12.3. The van der Waals surface area contributed by atoms with Crippen LogP contribution in [0.15, 0.2) is 18.2 Å². The molecule has 96 valence electrons. The first-order valence-electron chi connectivity index (χ1n) is 5.52. The fourth-order valence-electron chi connectivity index (χ4n) is 1.52. The molecule has 0 radical (unpaired) electrons. The van der Waals surface area contributed by atoms with E-state index in [-0.39, 0.29) is 11.2 Å². The summed E-state index contributed by atoms with van der Waals surface area (Å²) in [5.41, 5.74) is -0.363. The first-order chi connectivity index (χ1) is 8.39. The van der Waals surface area contributed by atoms with Crippen molar-refractivity contribution in [3.63, 3.8) is 0 Å². The van der Waals surface area contributed by atoms with Crippen LogP contribution in [0.3, 0.4) is 0 Å². The number of hydrogen-bond donors (Lipinski definition) is 3. The minimum Gasteiger partial charge on any atom is -0.478 e. The van der Waals surface area contributed by atoms with Crippen molar-refractivity contribution >= 4 is 17.7 Å². The summed E-state index contributed by atoms with van der Waals surface area (Å²) in [7, 11) is 0. The van der Waals surface area contributed by atoms with Gasteiger partial charge in [-0.05, 0) is 38.0 Å². The van der Waals surface area contributed by atoms with E-state index in [1.54, 1.807) is 0 Å². The number of carbonyl (C=O) groups is 2. The maximum absolute atomic E-state index is 13.3. The molecule has 0 aliphatic heterocycles. The van der Waals surface area contributed by atoms with Crippen molar-refractivity contribution in [1.82, 2.24) is 5.32 Å². The molecule has 2 rings (SSSR count). The summed E-state index contributed by atoms with van der Waals surface area (Å²) in [6.07, 6.45) is 1.85. The molecule has 2 amide bonds. The molecule has 0 bridgehead atoms. The summed E-state index contributed by atoms with van der Waals surface area (Å²) in [4.78, 5) is 22.1. The third-order valence-electron chi connectivity index (χ3n) is 2.87. The van der Waals surface area contributed by atoms with Crippen molar-refractivity contribution in [2.24, 2.45) is 0 Å². The molecular weight excluding hydrogens is 239 g/mol. The lowest BCUT2D eigenvalue weighted by atomic mass is 10.2. The molecule has 5 nitrogen and oxygen atoms in total. The van der Waals surface area contributed by atoms with Crippen LogP contribution in [0, 0.1) is 5.82 Å². The van der Waals surface area contributed by atoms with Crippen LogP contribution in [-0.2, 0) is 0 Å². The van der Waals surface area contributed by atoms with Gasteiger partial charge in [0.1, 0.15) is 5.82 Å². The van der Waals surface area contributed by atoms with Crippen molar-refractivity contribution in [3.05, 3.63) is 29.6 Å². The number of rotatable bonds is 3. The lowest BCUT2D eigenvalue weighted by Gasteiger charge is -2.12. The number of carboxylic acid groups (broad SMARTS) is 1. The van der Waals surface area contributed by atoms with Crippen molar-refractivity contribution in [3.8, 4) is 0 Å². The molecule has 18 heavy (non-hydrogen) atoms. The Morgan fingerprint density at radius 2 is 2.06 bits per heavy atom. The smallest absolute Gasteiger partial charge is 0.338 e. The minimum absolute atomic E-state index is 0.163. The molecule has 1 saturated carbocycles. The zero-order chi connectivity index (χ0) is 13.3. The Labute approximate surface area is 103 Å². The Morgan fingerprint density at radius 1 is 1.39 bits per heavy atom. The molecule has 0 aromatic heterocycles. The lowest BCUT2D eigenvalue weighted by Crippen LogP contribution is -2.37. The van der Waals surface area contributed by atoms with E-state index < -0.39 is 23.4 Å². The fourth-order valence-corrected chi connectivity index (χ4v) is 1.52. The molecule has 0 saturated heterocycles. The highest BCUT2D eigenvalue weighted by Gasteiger charge is 2.38. The van der Waals surface area contributed by atoms with E-state index in [2.05, 4.69) is 10.6 Å². The number of anilines is 1. The zero-order valence-corrected chi connectivity index (χ0v) is 9.79. The van der Waals surface area contributed by atoms with E-state index in [1.165, 1.54) is 6.07 Å². The first-order valence-corrected chi connectivity index (χ1v) is 5.52. The van der Waals surface area contributed by atoms with Gasteiger partial charge in [0.25, 0.3) is 0 Å². The predicted molar refractivity (Wildman–Crippen MR) is 63.2 cm³/mol. The van der Waals surface area contributed by atoms with Gasteiger partial charge in [0.15, 0.2) is 0 Å². The van der Waals surface area contributed by atoms with Crippen LogP contribution in [0.4, 0.5) is 14.9 Å². The van der Waals surface area contributed by atoms with Gasteiger partial charge in [-0.15, -0.1) is 0 Å². The monoisotopic (exact) mass is 252 g/mol. The standard InChI is InChI=1S/C12H13FN2O3/c1-12(4-5-12)15-11(18)14-7-2-3-8(10(16)17)9(13)6-7/h2-3,6H,4-5H2,1H3,(H,16,17)(H2,14,15,18). The van der Waals surface area contributed by atoms with Gasteiger partial charge in [-0.25, -0.2) is 14.0 Å². The highest BCUT2D eigenvalue weighted by Crippen LogP contribution is 2.34. The molecule has 1 aliphatic carbocycles. The molecule has 3 N–H and O–H groups in total. The van der Waals surface area contributed by atoms with Crippen LogP contribution in [0.1, 0.15) is 30.1 Å². The van der Waals surface area contributed by atoms with Crippen LogP contribution in [0.25, 0.3) is 0 Å². The largest absolute Gasteiger partial charge is 0.478 e. The summed E-state index contributed by atoms with van der Waals surface area (Å²) in [6, 6.07) is 3.03. The third kappa shape index (κ3) is 2.77. The van der Waals surface area contributed by atoms with E-state index in [1.807, 2.05) is 6.92 Å². The number of nitrogens with one attached hydrogen (secondary N) is 2. The molecule has 1 aromatic carbocycles. The summed E-state index contributed by atoms with van der Waals surface area (Å²) in [5.74, 6) is -2.22. The predicted octanol–water partition coefficient (Wildman–Crippen LogP) is 2.20. The summed E-state index contributed by atoms with van der Waals surface area (Å²) >= 11 is 0. The average molecular weight is 252 g/mol. The number of amides is 2. The molecule has 0 unspecified atom stereocenters. The number of urea groups is 1. The van der Waals surface area contributed by atoms with Crippen LogP contribution in [0.2, 0.25) is 0 Å². The number of halogens is 1. The summed E-state index contributed by atoms with van der Waals surface area (Å²) < 4.78 is 13.3. The zero-order valence-electron chi connectivity index (χ0n) is 9.79. The number of aromatic carboxylic acids is 1. The van der Waals surface area contributed by atoms with Gasteiger partial charge in [0, 0.05) is 11.2 Å². The molecule has 1 fully saturated rings. The number of carboxylic acids is 1. The second-order valence-electron chi connectivity index (χ2n) is 4.64. The Kier molecular flexibility index (Phi) is 2.94. The summed E-state index contributed by atoms with van der Waals surface area (Å²) in [5, 5.41) is 13.9. The Balaban J connectivity index is 2.03. The van der Waals surface area contributed by atoms with Crippen molar-refractivity contribution in [2.75, 3.05) is 5.32 Å². The Hall–Kier alpha value is -2.11. The molecule has 1 aromatic rings. The van der Waals surface area contributed by atoms with Gasteiger partial charge in [0.05, 0.1) is 5.56 Å². The topological polar surface area (TPSA) is 78.4 Å². The molecule has 1 aliphatic rings. The SMILES string of the molecule is CC1(NC(=O)Nc2ccc(C(=O)O)c(F)c2)CC1. The van der Waals surface area contributed by atoms with Gasteiger partial charge >= 0.3 is 12.0 Å². The highest BCUT2D eigenvalue weighted by atomic mass is 19.1. The Bertz CT molecular complexity index is 512. The normalized spacial score (nSPS) is 15.9. The highest BCUT2D eigenvalue weighted by molar-refractivity contribution is 5.92. The summed E-state index contributed by atoms with van der Waals surface area (Å²) in [6.45, 7) is 1.92. The molecule has 0 spiro atoms. The van der Waals surface area contributed by atoms with E-state index in [9.17, 15) is 14.0 Å². The van der Waals surface area contributed by atoms with Gasteiger partial charge in [-0.1, -0.05) is 0 Å². The van der Waals surface area contributed by atoms with Crippen molar-refractivity contribution in [2.45, 2.75) is 25.3 Å². The maximum Gasteiger partial charge on any atom is 0.338 e. The van der Waals surface area contributed by atoms with E-state index in [0.717, 1.165) is 25.0 Å². The van der Waals surface area contributed by atoms with Crippen molar-refractivity contribution in [1.29, 1.82) is 0 Å². The molecule has 6 heteroatoms. The van der Waals surface area contributed by atoms with Crippen LogP contribution < -0.4 is 10.6 Å². The van der Waals surface area contributed by atoms with E-state index in [0.29, 0.717) is 0 Å². The lowest BCUT2D eigenvalue weighted by molar-refractivity contribution is 0.0692.